The van der Waals surface area contributed by atoms with E-state index in [-0.39, 0.29) is 0 Å². The van der Waals surface area contributed by atoms with E-state index >= 15 is 0 Å². The summed E-state index contributed by atoms with van der Waals surface area (Å²) in [5.74, 6) is 2.79. The van der Waals surface area contributed by atoms with Crippen LogP contribution in [-0.4, -0.2) is 13.1 Å². The molecule has 1 heteroatoms. The zero-order valence-corrected chi connectivity index (χ0v) is 9.64. The van der Waals surface area contributed by atoms with Crippen molar-refractivity contribution in [3.8, 4) is 0 Å². The van der Waals surface area contributed by atoms with E-state index in [1.165, 1.54) is 25.7 Å². The largest absolute Gasteiger partial charge is 0.316 e. The molecule has 13 heavy (non-hydrogen) atoms. The average Bonchev–Trinajstić information content (AvgIpc) is 2.96. The first-order valence-electron chi connectivity index (χ1n) is 5.91. The first kappa shape index (κ1) is 11.0. The molecule has 1 rings (SSSR count). The fourth-order valence-electron chi connectivity index (χ4n) is 2.64. The SMILES string of the molecule is CCC(CC)C(NC)C(C)C1CC1. The van der Waals surface area contributed by atoms with Crippen molar-refractivity contribution in [3.05, 3.63) is 0 Å². The van der Waals surface area contributed by atoms with Crippen molar-refractivity contribution < 1.29 is 0 Å². The monoisotopic (exact) mass is 183 g/mol. The van der Waals surface area contributed by atoms with Gasteiger partial charge in [0.2, 0.25) is 0 Å². The summed E-state index contributed by atoms with van der Waals surface area (Å²) in [6.45, 7) is 7.06. The molecule has 1 saturated carbocycles. The lowest BCUT2D eigenvalue weighted by atomic mass is 9.83. The smallest absolute Gasteiger partial charge is 0.0120 e. The summed E-state index contributed by atoms with van der Waals surface area (Å²) < 4.78 is 0. The van der Waals surface area contributed by atoms with Gasteiger partial charge in [0.25, 0.3) is 0 Å². The van der Waals surface area contributed by atoms with Crippen LogP contribution in [-0.2, 0) is 0 Å². The third-order valence-corrected chi connectivity index (χ3v) is 3.82. The number of nitrogens with one attached hydrogen (secondary N) is 1. The van der Waals surface area contributed by atoms with E-state index in [2.05, 4.69) is 33.1 Å². The average molecular weight is 183 g/mol. The highest BCUT2D eigenvalue weighted by molar-refractivity contribution is 4.88. The third kappa shape index (κ3) is 2.70. The predicted molar refractivity (Wildman–Crippen MR) is 58.8 cm³/mol. The standard InChI is InChI=1S/C12H25N/c1-5-10(6-2)12(13-4)9(3)11-7-8-11/h9-13H,5-8H2,1-4H3. The molecular weight excluding hydrogens is 158 g/mol. The Hall–Kier alpha value is -0.0400. The second-order valence-corrected chi connectivity index (χ2v) is 4.59. The van der Waals surface area contributed by atoms with Crippen molar-refractivity contribution in [1.29, 1.82) is 0 Å². The summed E-state index contributed by atoms with van der Waals surface area (Å²) in [7, 11) is 2.13. The van der Waals surface area contributed by atoms with Gasteiger partial charge in [-0.1, -0.05) is 33.6 Å². The lowest BCUT2D eigenvalue weighted by molar-refractivity contribution is 0.249. The van der Waals surface area contributed by atoms with Crippen molar-refractivity contribution in [2.75, 3.05) is 7.05 Å². The first-order valence-corrected chi connectivity index (χ1v) is 5.91. The molecular formula is C12H25N. The maximum absolute atomic E-state index is 3.53. The molecule has 0 aromatic rings. The fourth-order valence-corrected chi connectivity index (χ4v) is 2.64. The van der Waals surface area contributed by atoms with Crippen LogP contribution in [0.1, 0.15) is 46.5 Å². The molecule has 1 aliphatic rings. The zero-order chi connectivity index (χ0) is 9.84. The molecule has 0 aliphatic heterocycles. The number of hydrogen-bond acceptors (Lipinski definition) is 1. The summed E-state index contributed by atoms with van der Waals surface area (Å²) in [5.41, 5.74) is 0. The van der Waals surface area contributed by atoms with Crippen LogP contribution in [0, 0.1) is 17.8 Å². The second-order valence-electron chi connectivity index (χ2n) is 4.59. The maximum Gasteiger partial charge on any atom is 0.0120 e. The Morgan fingerprint density at radius 2 is 1.77 bits per heavy atom. The summed E-state index contributed by atoms with van der Waals surface area (Å²) in [6, 6.07) is 0.752. The Morgan fingerprint density at radius 1 is 1.23 bits per heavy atom. The van der Waals surface area contributed by atoms with Crippen LogP contribution in [0.4, 0.5) is 0 Å². The molecule has 0 amide bonds. The van der Waals surface area contributed by atoms with Crippen LogP contribution in [0.5, 0.6) is 0 Å². The van der Waals surface area contributed by atoms with Crippen LogP contribution in [0.25, 0.3) is 0 Å². The van der Waals surface area contributed by atoms with Gasteiger partial charge in [-0.15, -0.1) is 0 Å². The van der Waals surface area contributed by atoms with Crippen LogP contribution in [0.3, 0.4) is 0 Å². The van der Waals surface area contributed by atoms with E-state index in [1.807, 2.05) is 0 Å². The topological polar surface area (TPSA) is 12.0 Å². The molecule has 0 saturated heterocycles. The van der Waals surface area contributed by atoms with Crippen LogP contribution in [0.15, 0.2) is 0 Å². The van der Waals surface area contributed by atoms with Gasteiger partial charge in [0.15, 0.2) is 0 Å². The van der Waals surface area contributed by atoms with E-state index in [9.17, 15) is 0 Å². The summed E-state index contributed by atoms with van der Waals surface area (Å²) in [5, 5.41) is 3.53. The normalized spacial score (nSPS) is 21.9. The van der Waals surface area contributed by atoms with E-state index in [0.717, 1.165) is 23.8 Å². The van der Waals surface area contributed by atoms with Crippen LogP contribution >= 0.6 is 0 Å². The van der Waals surface area contributed by atoms with Gasteiger partial charge in [0.05, 0.1) is 0 Å². The molecule has 1 fully saturated rings. The van der Waals surface area contributed by atoms with Crippen LogP contribution < -0.4 is 5.32 Å². The molecule has 1 N–H and O–H groups in total. The van der Waals surface area contributed by atoms with Crippen molar-refractivity contribution >= 4 is 0 Å². The Morgan fingerprint density at radius 3 is 2.08 bits per heavy atom. The van der Waals surface area contributed by atoms with Gasteiger partial charge < -0.3 is 5.32 Å². The zero-order valence-electron chi connectivity index (χ0n) is 9.64. The highest BCUT2D eigenvalue weighted by Crippen LogP contribution is 2.40. The van der Waals surface area contributed by atoms with Crippen molar-refractivity contribution in [1.82, 2.24) is 5.32 Å². The minimum Gasteiger partial charge on any atom is -0.316 e. The van der Waals surface area contributed by atoms with Gasteiger partial charge >= 0.3 is 0 Å². The molecule has 0 radical (unpaired) electrons. The van der Waals surface area contributed by atoms with E-state index < -0.39 is 0 Å². The van der Waals surface area contributed by atoms with Gasteiger partial charge in [-0.2, -0.15) is 0 Å². The van der Waals surface area contributed by atoms with Gasteiger partial charge in [-0.25, -0.2) is 0 Å². The molecule has 0 heterocycles. The van der Waals surface area contributed by atoms with Crippen LogP contribution in [0.2, 0.25) is 0 Å². The highest BCUT2D eigenvalue weighted by Gasteiger charge is 2.34. The number of hydrogen-bond donors (Lipinski definition) is 1. The highest BCUT2D eigenvalue weighted by atomic mass is 14.9. The summed E-state index contributed by atoms with van der Waals surface area (Å²) >= 11 is 0. The number of rotatable bonds is 6. The lowest BCUT2D eigenvalue weighted by Crippen LogP contribution is -2.39. The minimum atomic E-state index is 0.752. The molecule has 0 aromatic carbocycles. The molecule has 0 spiro atoms. The molecule has 0 aromatic heterocycles. The van der Waals surface area contributed by atoms with Gasteiger partial charge in [0.1, 0.15) is 0 Å². The molecule has 78 valence electrons. The third-order valence-electron chi connectivity index (χ3n) is 3.82. The first-order chi connectivity index (χ1) is 6.24. The van der Waals surface area contributed by atoms with Gasteiger partial charge in [0, 0.05) is 6.04 Å². The van der Waals surface area contributed by atoms with Crippen molar-refractivity contribution in [3.63, 3.8) is 0 Å². The van der Waals surface area contributed by atoms with Crippen molar-refractivity contribution in [2.24, 2.45) is 17.8 Å². The molecule has 1 aliphatic carbocycles. The van der Waals surface area contributed by atoms with E-state index in [4.69, 9.17) is 0 Å². The molecule has 2 unspecified atom stereocenters. The Labute approximate surface area is 83.3 Å². The Bertz CT molecular complexity index is 134. The van der Waals surface area contributed by atoms with Gasteiger partial charge in [-0.3, -0.25) is 0 Å². The Kier molecular flexibility index (Phi) is 4.24. The predicted octanol–water partition coefficient (Wildman–Crippen LogP) is 3.06. The van der Waals surface area contributed by atoms with E-state index in [1.54, 1.807) is 0 Å². The Balaban J connectivity index is 2.47. The quantitative estimate of drug-likeness (QED) is 0.667. The summed E-state index contributed by atoms with van der Waals surface area (Å²) in [4.78, 5) is 0. The van der Waals surface area contributed by atoms with Gasteiger partial charge in [-0.05, 0) is 37.6 Å². The molecule has 1 nitrogen and oxygen atoms in total. The fraction of sp³-hybridized carbons (Fsp3) is 1.00. The minimum absolute atomic E-state index is 0.752. The maximum atomic E-state index is 3.53. The van der Waals surface area contributed by atoms with Crippen molar-refractivity contribution in [2.45, 2.75) is 52.5 Å². The van der Waals surface area contributed by atoms with E-state index in [0.29, 0.717) is 0 Å². The molecule has 2 atom stereocenters. The summed E-state index contributed by atoms with van der Waals surface area (Å²) in [6.07, 6.45) is 5.58. The second kappa shape index (κ2) is 4.99. The lowest BCUT2D eigenvalue weighted by Gasteiger charge is -2.30. The molecule has 0 bridgehead atoms.